The Balaban J connectivity index is 1.61. The number of hydrazine groups is 1. The number of carbonyl (C=O) groups excluding carboxylic acids is 2. The Morgan fingerprint density at radius 2 is 1.78 bits per heavy atom. The first-order valence-corrected chi connectivity index (χ1v) is 12.0. The predicted molar refractivity (Wildman–Crippen MR) is 118 cm³/mol. The maximum atomic E-state index is 13.0. The van der Waals surface area contributed by atoms with Crippen molar-refractivity contribution in [3.05, 3.63) is 46.8 Å². The molecule has 3 rings (SSSR count). The second-order valence-corrected chi connectivity index (χ2v) is 11.0. The topological polar surface area (TPSA) is 122 Å². The van der Waals surface area contributed by atoms with Crippen molar-refractivity contribution in [2.45, 2.75) is 57.8 Å². The van der Waals surface area contributed by atoms with E-state index in [9.17, 15) is 18.0 Å². The van der Waals surface area contributed by atoms with Gasteiger partial charge in [0.15, 0.2) is 5.76 Å². The van der Waals surface area contributed by atoms with E-state index in [4.69, 9.17) is 4.52 Å². The largest absolute Gasteiger partial charge is 0.360 e. The first-order chi connectivity index (χ1) is 14.9. The SMILES string of the molecule is Cc1noc(C)c1S(=O)(=O)N1CCCC(C(=O)NNC(=O)c2ccc(C(C)(C)C)cc2)C1. The van der Waals surface area contributed by atoms with Gasteiger partial charge in [0, 0.05) is 18.7 Å². The molecule has 1 aliphatic heterocycles. The molecule has 0 radical (unpaired) electrons. The van der Waals surface area contributed by atoms with E-state index in [0.717, 1.165) is 5.56 Å². The number of hydrogen-bond acceptors (Lipinski definition) is 6. The summed E-state index contributed by atoms with van der Waals surface area (Å²) in [4.78, 5) is 25.1. The Morgan fingerprint density at radius 1 is 1.12 bits per heavy atom. The molecule has 1 atom stereocenters. The van der Waals surface area contributed by atoms with Crippen LogP contribution in [-0.2, 0) is 20.2 Å². The number of hydrogen-bond donors (Lipinski definition) is 2. The van der Waals surface area contributed by atoms with Gasteiger partial charge in [-0.1, -0.05) is 38.1 Å². The number of carbonyl (C=O) groups is 2. The van der Waals surface area contributed by atoms with Crippen molar-refractivity contribution in [2.75, 3.05) is 13.1 Å². The fourth-order valence-corrected chi connectivity index (χ4v) is 5.58. The summed E-state index contributed by atoms with van der Waals surface area (Å²) in [5.74, 6) is -1.22. The van der Waals surface area contributed by atoms with Crippen LogP contribution in [0.15, 0.2) is 33.7 Å². The molecule has 174 valence electrons. The highest BCUT2D eigenvalue weighted by atomic mass is 32.2. The van der Waals surface area contributed by atoms with Crippen LogP contribution in [0.3, 0.4) is 0 Å². The highest BCUT2D eigenvalue weighted by Crippen LogP contribution is 2.27. The van der Waals surface area contributed by atoms with E-state index in [1.165, 1.54) is 4.31 Å². The summed E-state index contributed by atoms with van der Waals surface area (Å²) in [6, 6.07) is 7.19. The van der Waals surface area contributed by atoms with Crippen LogP contribution in [0.5, 0.6) is 0 Å². The van der Waals surface area contributed by atoms with E-state index >= 15 is 0 Å². The van der Waals surface area contributed by atoms with Gasteiger partial charge in [-0.2, -0.15) is 4.31 Å². The van der Waals surface area contributed by atoms with Crippen molar-refractivity contribution in [1.29, 1.82) is 0 Å². The smallest absolute Gasteiger partial charge is 0.269 e. The minimum atomic E-state index is -3.83. The lowest BCUT2D eigenvalue weighted by Gasteiger charge is -2.31. The summed E-state index contributed by atoms with van der Waals surface area (Å²) in [7, 11) is -3.83. The van der Waals surface area contributed by atoms with E-state index in [0.29, 0.717) is 30.6 Å². The number of aryl methyl sites for hydroxylation is 2. The normalized spacial score (nSPS) is 17.7. The van der Waals surface area contributed by atoms with Crippen molar-refractivity contribution in [3.63, 3.8) is 0 Å². The number of nitrogens with one attached hydrogen (secondary N) is 2. The van der Waals surface area contributed by atoms with E-state index < -0.39 is 27.8 Å². The summed E-state index contributed by atoms with van der Waals surface area (Å²) < 4.78 is 32.3. The van der Waals surface area contributed by atoms with Crippen LogP contribution >= 0.6 is 0 Å². The number of piperidine rings is 1. The third kappa shape index (κ3) is 5.02. The van der Waals surface area contributed by atoms with Crippen molar-refractivity contribution in [2.24, 2.45) is 5.92 Å². The number of amides is 2. The molecule has 0 aliphatic carbocycles. The zero-order valence-electron chi connectivity index (χ0n) is 19.1. The van der Waals surface area contributed by atoms with Gasteiger partial charge >= 0.3 is 0 Å². The molecule has 32 heavy (non-hydrogen) atoms. The Bertz CT molecular complexity index is 1080. The Morgan fingerprint density at radius 3 is 2.34 bits per heavy atom. The average Bonchev–Trinajstić information content (AvgIpc) is 3.10. The third-order valence-corrected chi connectivity index (χ3v) is 7.74. The first-order valence-electron chi connectivity index (χ1n) is 10.5. The minimum Gasteiger partial charge on any atom is -0.360 e. The number of sulfonamides is 1. The highest BCUT2D eigenvalue weighted by molar-refractivity contribution is 7.89. The van der Waals surface area contributed by atoms with Crippen LogP contribution < -0.4 is 10.9 Å². The van der Waals surface area contributed by atoms with Crippen LogP contribution in [0.25, 0.3) is 0 Å². The van der Waals surface area contributed by atoms with Gasteiger partial charge < -0.3 is 4.52 Å². The van der Waals surface area contributed by atoms with Gasteiger partial charge in [-0.15, -0.1) is 0 Å². The van der Waals surface area contributed by atoms with Crippen LogP contribution in [0.4, 0.5) is 0 Å². The lowest BCUT2D eigenvalue weighted by molar-refractivity contribution is -0.126. The van der Waals surface area contributed by atoms with Crippen LogP contribution in [-0.4, -0.2) is 42.8 Å². The number of nitrogens with zero attached hydrogens (tertiary/aromatic N) is 2. The van der Waals surface area contributed by atoms with Crippen LogP contribution in [0.1, 0.15) is 61.0 Å². The summed E-state index contributed by atoms with van der Waals surface area (Å²) >= 11 is 0. The van der Waals surface area contributed by atoms with Gasteiger partial charge in [0.25, 0.3) is 5.91 Å². The zero-order valence-corrected chi connectivity index (χ0v) is 19.9. The maximum Gasteiger partial charge on any atom is 0.269 e. The molecule has 1 aliphatic rings. The number of aromatic nitrogens is 1. The minimum absolute atomic E-state index is 0.0222. The monoisotopic (exact) mass is 462 g/mol. The van der Waals surface area contributed by atoms with Crippen LogP contribution in [0.2, 0.25) is 0 Å². The van der Waals surface area contributed by atoms with Crippen LogP contribution in [0, 0.1) is 19.8 Å². The molecule has 1 aromatic carbocycles. The fraction of sp³-hybridized carbons (Fsp3) is 0.500. The molecule has 2 amide bonds. The fourth-order valence-electron chi connectivity index (χ4n) is 3.76. The molecule has 1 fully saturated rings. The van der Waals surface area contributed by atoms with E-state index in [-0.39, 0.29) is 22.6 Å². The lowest BCUT2D eigenvalue weighted by Crippen LogP contribution is -2.50. The number of benzene rings is 1. The molecular weight excluding hydrogens is 432 g/mol. The average molecular weight is 463 g/mol. The van der Waals surface area contributed by atoms with Gasteiger partial charge in [0.1, 0.15) is 10.6 Å². The molecule has 2 aromatic rings. The van der Waals surface area contributed by atoms with Crippen molar-refractivity contribution >= 4 is 21.8 Å². The molecule has 0 bridgehead atoms. The number of rotatable bonds is 4. The zero-order chi connectivity index (χ0) is 23.7. The molecule has 1 unspecified atom stereocenters. The van der Waals surface area contributed by atoms with Crippen molar-refractivity contribution in [3.8, 4) is 0 Å². The Hall–Kier alpha value is -2.72. The summed E-state index contributed by atoms with van der Waals surface area (Å²) in [6.07, 6.45) is 1.05. The second kappa shape index (κ2) is 9.03. The molecule has 2 heterocycles. The predicted octanol–water partition coefficient (Wildman–Crippen LogP) is 2.45. The second-order valence-electron chi connectivity index (χ2n) is 9.13. The Labute approximate surface area is 188 Å². The van der Waals surface area contributed by atoms with Crippen molar-refractivity contribution in [1.82, 2.24) is 20.3 Å². The molecular formula is C22H30N4O5S. The molecule has 9 nitrogen and oxygen atoms in total. The lowest BCUT2D eigenvalue weighted by atomic mass is 9.87. The van der Waals surface area contributed by atoms with Gasteiger partial charge in [-0.25, -0.2) is 8.42 Å². The molecule has 1 aromatic heterocycles. The molecule has 0 spiro atoms. The van der Waals surface area contributed by atoms with Gasteiger partial charge in [0.05, 0.1) is 5.92 Å². The molecule has 0 saturated carbocycles. The van der Waals surface area contributed by atoms with Gasteiger partial charge in [0.2, 0.25) is 15.9 Å². The maximum absolute atomic E-state index is 13.0. The van der Waals surface area contributed by atoms with E-state index in [1.807, 2.05) is 12.1 Å². The standard InChI is InChI=1S/C22H30N4O5S/c1-14-19(15(2)31-25-14)32(29,30)26-12-6-7-17(13-26)21(28)24-23-20(27)16-8-10-18(11-9-16)22(3,4)5/h8-11,17H,6-7,12-13H2,1-5H3,(H,23,27)(H,24,28). The molecule has 2 N–H and O–H groups in total. The molecule has 1 saturated heterocycles. The third-order valence-electron chi connectivity index (χ3n) is 5.63. The summed E-state index contributed by atoms with van der Waals surface area (Å²) in [6.45, 7) is 9.70. The van der Waals surface area contributed by atoms with E-state index in [2.05, 4.69) is 36.8 Å². The van der Waals surface area contributed by atoms with Crippen molar-refractivity contribution < 1.29 is 22.5 Å². The van der Waals surface area contributed by atoms with Gasteiger partial charge in [-0.05, 0) is 49.8 Å². The summed E-state index contributed by atoms with van der Waals surface area (Å²) in [5.41, 5.74) is 6.64. The van der Waals surface area contributed by atoms with Gasteiger partial charge in [-0.3, -0.25) is 20.4 Å². The first kappa shape index (κ1) is 23.9. The summed E-state index contributed by atoms with van der Waals surface area (Å²) in [5, 5.41) is 3.72. The molecule has 10 heteroatoms. The quantitative estimate of drug-likeness (QED) is 0.673. The highest BCUT2D eigenvalue weighted by Gasteiger charge is 2.36. The van der Waals surface area contributed by atoms with E-state index in [1.54, 1.807) is 26.0 Å². The Kier molecular flexibility index (Phi) is 6.75.